The summed E-state index contributed by atoms with van der Waals surface area (Å²) in [6.07, 6.45) is 0.221. The van der Waals surface area contributed by atoms with Gasteiger partial charge in [-0.3, -0.25) is 9.59 Å². The summed E-state index contributed by atoms with van der Waals surface area (Å²) in [5.41, 5.74) is 1.05. The van der Waals surface area contributed by atoms with Crippen molar-refractivity contribution < 1.29 is 14.3 Å². The molecule has 0 atom stereocenters. The molecule has 1 aromatic rings. The van der Waals surface area contributed by atoms with Crippen LogP contribution in [0.5, 0.6) is 0 Å². The van der Waals surface area contributed by atoms with E-state index in [1.54, 1.807) is 20.8 Å². The van der Waals surface area contributed by atoms with Gasteiger partial charge in [0.2, 0.25) is 5.91 Å². The molecule has 1 amide bonds. The number of benzene rings is 1. The number of ether oxygens (including phenoxy) is 1. The minimum Gasteiger partial charge on any atom is -0.466 e. The second-order valence-corrected chi connectivity index (χ2v) is 5.80. The van der Waals surface area contributed by atoms with E-state index in [-0.39, 0.29) is 24.2 Å². The van der Waals surface area contributed by atoms with Crippen molar-refractivity contribution in [2.45, 2.75) is 33.7 Å². The Kier molecular flexibility index (Phi) is 8.26. The van der Waals surface area contributed by atoms with E-state index >= 15 is 0 Å². The molecule has 0 aliphatic heterocycles. The molecule has 0 saturated heterocycles. The molecule has 5 nitrogen and oxygen atoms in total. The average Bonchev–Trinajstić information content (AvgIpc) is 2.52. The molecule has 0 heterocycles. The summed E-state index contributed by atoms with van der Waals surface area (Å²) in [5.74, 6) is -0.565. The van der Waals surface area contributed by atoms with Gasteiger partial charge in [-0.25, -0.2) is 0 Å². The number of esters is 1. The van der Waals surface area contributed by atoms with Gasteiger partial charge < -0.3 is 15.0 Å². The second-order valence-electron chi connectivity index (χ2n) is 5.41. The van der Waals surface area contributed by atoms with Crippen LogP contribution in [0.15, 0.2) is 30.3 Å². The first kappa shape index (κ1) is 19.1. The van der Waals surface area contributed by atoms with E-state index < -0.39 is 0 Å². The zero-order valence-electron chi connectivity index (χ0n) is 13.9. The lowest BCUT2D eigenvalue weighted by Crippen LogP contribution is -2.44. The highest BCUT2D eigenvalue weighted by molar-refractivity contribution is 7.80. The van der Waals surface area contributed by atoms with Gasteiger partial charge in [-0.15, -0.1) is 0 Å². The first-order chi connectivity index (χ1) is 10.9. The maximum Gasteiger partial charge on any atom is 0.307 e. The standard InChI is InChI=1S/C17H24N2O3S/c1-4-22-15(20)10-11-19(12-14-8-6-5-7-9-14)17(23)18-16(21)13(2)3/h5-9,13H,4,10-12H2,1-3H3,(H,18,21,23). The maximum atomic E-state index is 11.8. The highest BCUT2D eigenvalue weighted by Gasteiger charge is 2.16. The summed E-state index contributed by atoms with van der Waals surface area (Å²) < 4.78 is 4.95. The van der Waals surface area contributed by atoms with E-state index in [1.807, 2.05) is 35.2 Å². The largest absolute Gasteiger partial charge is 0.466 e. The molecule has 1 rings (SSSR count). The third-order valence-corrected chi connectivity index (χ3v) is 3.51. The van der Waals surface area contributed by atoms with Crippen LogP contribution in [-0.2, 0) is 20.9 Å². The Balaban J connectivity index is 2.72. The predicted molar refractivity (Wildman–Crippen MR) is 93.7 cm³/mol. The van der Waals surface area contributed by atoms with Gasteiger partial charge in [0.15, 0.2) is 5.11 Å². The van der Waals surface area contributed by atoms with Crippen molar-refractivity contribution in [3.05, 3.63) is 35.9 Å². The molecular weight excluding hydrogens is 312 g/mol. The van der Waals surface area contributed by atoms with Gasteiger partial charge in [0.05, 0.1) is 13.0 Å². The quantitative estimate of drug-likeness (QED) is 0.612. The number of thiocarbonyl (C=S) groups is 1. The molecule has 1 N–H and O–H groups in total. The summed E-state index contributed by atoms with van der Waals surface area (Å²) in [6, 6.07) is 9.77. The zero-order chi connectivity index (χ0) is 17.2. The summed E-state index contributed by atoms with van der Waals surface area (Å²) in [4.78, 5) is 25.2. The Morgan fingerprint density at radius 2 is 1.91 bits per heavy atom. The number of hydrogen-bond donors (Lipinski definition) is 1. The van der Waals surface area contributed by atoms with Crippen molar-refractivity contribution in [1.82, 2.24) is 10.2 Å². The van der Waals surface area contributed by atoms with Crippen LogP contribution in [0.3, 0.4) is 0 Å². The summed E-state index contributed by atoms with van der Waals surface area (Å²) in [6.45, 7) is 6.65. The zero-order valence-corrected chi connectivity index (χ0v) is 14.7. The van der Waals surface area contributed by atoms with Gasteiger partial charge in [-0.2, -0.15) is 0 Å². The van der Waals surface area contributed by atoms with Crippen LogP contribution in [0.25, 0.3) is 0 Å². The molecule has 0 fully saturated rings. The Bertz CT molecular complexity index is 532. The SMILES string of the molecule is CCOC(=O)CCN(Cc1ccccc1)C(=S)NC(=O)C(C)C. The van der Waals surface area contributed by atoms with Crippen LogP contribution >= 0.6 is 12.2 Å². The Labute approximate surface area is 143 Å². The molecule has 0 bridgehead atoms. The normalized spacial score (nSPS) is 10.3. The predicted octanol–water partition coefficient (Wildman–Crippen LogP) is 2.50. The Morgan fingerprint density at radius 3 is 2.48 bits per heavy atom. The van der Waals surface area contributed by atoms with Crippen LogP contribution < -0.4 is 5.32 Å². The highest BCUT2D eigenvalue weighted by Crippen LogP contribution is 2.07. The van der Waals surface area contributed by atoms with Gasteiger partial charge in [-0.1, -0.05) is 44.2 Å². The second kappa shape index (κ2) is 9.94. The molecule has 6 heteroatoms. The molecule has 0 unspecified atom stereocenters. The molecule has 23 heavy (non-hydrogen) atoms. The minimum absolute atomic E-state index is 0.135. The van der Waals surface area contributed by atoms with E-state index in [4.69, 9.17) is 17.0 Å². The average molecular weight is 336 g/mol. The van der Waals surface area contributed by atoms with Crippen molar-refractivity contribution in [3.8, 4) is 0 Å². The van der Waals surface area contributed by atoms with Crippen molar-refractivity contribution in [1.29, 1.82) is 0 Å². The number of hydrogen-bond acceptors (Lipinski definition) is 4. The fraction of sp³-hybridized carbons (Fsp3) is 0.471. The first-order valence-corrected chi connectivity index (χ1v) is 8.14. The molecule has 0 aliphatic carbocycles. The van der Waals surface area contributed by atoms with Gasteiger partial charge in [0.1, 0.15) is 0 Å². The molecule has 0 radical (unpaired) electrons. The summed E-state index contributed by atoms with van der Waals surface area (Å²) >= 11 is 5.33. The third kappa shape index (κ3) is 7.23. The molecule has 0 spiro atoms. The monoisotopic (exact) mass is 336 g/mol. The smallest absolute Gasteiger partial charge is 0.307 e. The minimum atomic E-state index is -0.274. The van der Waals surface area contributed by atoms with E-state index in [1.165, 1.54) is 0 Å². The van der Waals surface area contributed by atoms with Gasteiger partial charge in [0, 0.05) is 19.0 Å². The molecule has 0 aromatic heterocycles. The van der Waals surface area contributed by atoms with E-state index in [0.29, 0.717) is 24.8 Å². The lowest BCUT2D eigenvalue weighted by molar-refractivity contribution is -0.143. The van der Waals surface area contributed by atoms with Crippen molar-refractivity contribution in [3.63, 3.8) is 0 Å². The summed E-state index contributed by atoms with van der Waals surface area (Å²) in [7, 11) is 0. The Hall–Kier alpha value is -1.95. The molecule has 0 saturated carbocycles. The van der Waals surface area contributed by atoms with Crippen LogP contribution in [0.4, 0.5) is 0 Å². The highest BCUT2D eigenvalue weighted by atomic mass is 32.1. The van der Waals surface area contributed by atoms with Crippen LogP contribution in [0.2, 0.25) is 0 Å². The van der Waals surface area contributed by atoms with E-state index in [0.717, 1.165) is 5.56 Å². The van der Waals surface area contributed by atoms with Crippen molar-refractivity contribution >= 4 is 29.2 Å². The van der Waals surface area contributed by atoms with Crippen molar-refractivity contribution in [2.24, 2.45) is 5.92 Å². The molecule has 1 aromatic carbocycles. The first-order valence-electron chi connectivity index (χ1n) is 7.73. The topological polar surface area (TPSA) is 58.6 Å². The number of carbonyl (C=O) groups is 2. The number of nitrogens with one attached hydrogen (secondary N) is 1. The summed E-state index contributed by atoms with van der Waals surface area (Å²) in [5, 5.41) is 3.05. The lowest BCUT2D eigenvalue weighted by atomic mass is 10.2. The van der Waals surface area contributed by atoms with Gasteiger partial charge in [-0.05, 0) is 24.7 Å². The van der Waals surface area contributed by atoms with Crippen molar-refractivity contribution in [2.75, 3.05) is 13.2 Å². The van der Waals surface area contributed by atoms with E-state index in [9.17, 15) is 9.59 Å². The maximum absolute atomic E-state index is 11.8. The van der Waals surface area contributed by atoms with E-state index in [2.05, 4.69) is 5.32 Å². The number of rotatable bonds is 7. The van der Waals surface area contributed by atoms with Crippen LogP contribution in [-0.4, -0.2) is 35.0 Å². The molecule has 126 valence electrons. The molecular formula is C17H24N2O3S. The lowest BCUT2D eigenvalue weighted by Gasteiger charge is -2.25. The molecule has 0 aliphatic rings. The third-order valence-electron chi connectivity index (χ3n) is 3.15. The number of nitrogens with zero attached hydrogens (tertiary/aromatic N) is 1. The fourth-order valence-corrected chi connectivity index (χ4v) is 2.10. The van der Waals surface area contributed by atoms with Gasteiger partial charge in [0.25, 0.3) is 0 Å². The Morgan fingerprint density at radius 1 is 1.26 bits per heavy atom. The fourth-order valence-electron chi connectivity index (χ4n) is 1.84. The number of carbonyl (C=O) groups excluding carboxylic acids is 2. The van der Waals surface area contributed by atoms with Crippen LogP contribution in [0, 0.1) is 5.92 Å². The van der Waals surface area contributed by atoms with Crippen LogP contribution in [0.1, 0.15) is 32.8 Å². The number of amides is 1. The van der Waals surface area contributed by atoms with Gasteiger partial charge >= 0.3 is 5.97 Å².